The SMILES string of the molecule is COc1cc(OC)c(Cl)c(-c2cc3cnc(Nc4ccc(N5CCOCC5)cc4)cc3n(Cc3cccc(CC(=O)/C=C/CN(C)C)c3)c2=O)c1Cl. The van der Waals surface area contributed by atoms with E-state index in [1.54, 1.807) is 29.0 Å². The number of carbonyl (C=O) groups excluding carboxylic acids is 1. The van der Waals surface area contributed by atoms with Crippen molar-refractivity contribution < 1.29 is 19.0 Å². The molecule has 1 fully saturated rings. The van der Waals surface area contributed by atoms with Crippen LogP contribution in [0.3, 0.4) is 0 Å². The van der Waals surface area contributed by atoms with Gasteiger partial charge in [0.05, 0.1) is 55.1 Å². The number of benzene rings is 3. The van der Waals surface area contributed by atoms with Gasteiger partial charge in [0, 0.05) is 66.7 Å². The third-order valence-electron chi connectivity index (χ3n) is 8.82. The number of morpholine rings is 1. The number of ether oxygens (including phenoxy) is 3. The summed E-state index contributed by atoms with van der Waals surface area (Å²) in [6, 6.07) is 21.0. The van der Waals surface area contributed by atoms with Gasteiger partial charge in [0.25, 0.3) is 5.56 Å². The van der Waals surface area contributed by atoms with E-state index in [9.17, 15) is 9.59 Å². The van der Waals surface area contributed by atoms with Crippen LogP contribution in [0, 0.1) is 0 Å². The molecule has 3 aromatic carbocycles. The highest BCUT2D eigenvalue weighted by atomic mass is 35.5. The molecule has 1 saturated heterocycles. The smallest absolute Gasteiger partial charge is 0.259 e. The summed E-state index contributed by atoms with van der Waals surface area (Å²) < 4.78 is 18.2. The molecule has 0 bridgehead atoms. The highest BCUT2D eigenvalue weighted by Crippen LogP contribution is 2.45. The number of nitrogens with zero attached hydrogens (tertiary/aromatic N) is 4. The van der Waals surface area contributed by atoms with E-state index in [0.29, 0.717) is 53.5 Å². The first-order valence-electron chi connectivity index (χ1n) is 16.9. The van der Waals surface area contributed by atoms with Crippen molar-refractivity contribution in [1.82, 2.24) is 14.5 Å². The van der Waals surface area contributed by atoms with Gasteiger partial charge in [0.1, 0.15) is 17.3 Å². The molecule has 0 atom stereocenters. The Morgan fingerprint density at radius 3 is 2.33 bits per heavy atom. The van der Waals surface area contributed by atoms with Gasteiger partial charge in [-0.25, -0.2) is 4.98 Å². The number of hydrogen-bond acceptors (Lipinski definition) is 9. The Balaban J connectivity index is 1.41. The van der Waals surface area contributed by atoms with Gasteiger partial charge in [-0.15, -0.1) is 0 Å². The van der Waals surface area contributed by atoms with Crippen molar-refractivity contribution in [3.05, 3.63) is 117 Å². The topological polar surface area (TPSA) is 98.2 Å². The average Bonchev–Trinajstić information content (AvgIpc) is 3.14. The molecular weight excluding hydrogens is 701 g/mol. The molecule has 6 rings (SSSR count). The summed E-state index contributed by atoms with van der Waals surface area (Å²) in [5.74, 6) is 1.20. The number of allylic oxidation sites excluding steroid dienone is 1. The Bertz CT molecular complexity index is 2130. The summed E-state index contributed by atoms with van der Waals surface area (Å²) in [6.45, 7) is 4.01. The van der Waals surface area contributed by atoms with Crippen LogP contribution in [0.15, 0.2) is 89.9 Å². The molecule has 10 nitrogen and oxygen atoms in total. The molecule has 0 aliphatic carbocycles. The molecule has 0 amide bonds. The van der Waals surface area contributed by atoms with E-state index in [1.807, 2.05) is 67.5 Å². The lowest BCUT2D eigenvalue weighted by atomic mass is 10.0. The third kappa shape index (κ3) is 8.43. The number of carbonyl (C=O) groups is 1. The number of likely N-dealkylation sites (N-methyl/N-ethyl adjacent to an activating group) is 1. The van der Waals surface area contributed by atoms with Crippen LogP contribution in [0.25, 0.3) is 22.0 Å². The lowest BCUT2D eigenvalue weighted by Gasteiger charge is -2.28. The standard InChI is InChI=1S/C40H41Cl2N5O5/c1-45(2)14-6-9-31(48)20-26-7-5-8-27(19-26)25-47-33-22-36(44-29-10-12-30(13-11-29)46-15-17-52-18-16-46)43-24-28(33)21-32(40(47)49)37-38(41)34(50-3)23-35(51-4)39(37)42/h5-13,19,21-24H,14-18,20,25H2,1-4H3,(H,43,44)/b9-6+. The van der Waals surface area contributed by atoms with Gasteiger partial charge in [-0.3, -0.25) is 9.59 Å². The normalized spacial score (nSPS) is 13.2. The molecule has 5 aromatic rings. The van der Waals surface area contributed by atoms with Crippen LogP contribution in [0.1, 0.15) is 11.1 Å². The van der Waals surface area contributed by atoms with Gasteiger partial charge in [-0.2, -0.15) is 0 Å². The first-order valence-corrected chi connectivity index (χ1v) is 17.7. The van der Waals surface area contributed by atoms with Crippen LogP contribution in [-0.4, -0.2) is 81.4 Å². The van der Waals surface area contributed by atoms with E-state index < -0.39 is 0 Å². The second-order valence-corrected chi connectivity index (χ2v) is 13.5. The Labute approximate surface area is 313 Å². The predicted octanol–water partition coefficient (Wildman–Crippen LogP) is 7.25. The van der Waals surface area contributed by atoms with Crippen molar-refractivity contribution in [2.45, 2.75) is 13.0 Å². The molecule has 0 radical (unpaired) electrons. The maximum Gasteiger partial charge on any atom is 0.259 e. The highest BCUT2D eigenvalue weighted by molar-refractivity contribution is 6.41. The van der Waals surface area contributed by atoms with Gasteiger partial charge in [-0.05, 0) is 61.6 Å². The maximum absolute atomic E-state index is 14.6. The summed E-state index contributed by atoms with van der Waals surface area (Å²) in [5, 5.41) is 4.45. The lowest BCUT2D eigenvalue weighted by molar-refractivity contribution is -0.114. The number of rotatable bonds is 13. The molecule has 270 valence electrons. The first kappa shape index (κ1) is 36.9. The fourth-order valence-corrected chi connectivity index (χ4v) is 6.90. The van der Waals surface area contributed by atoms with E-state index in [0.717, 1.165) is 35.6 Å². The van der Waals surface area contributed by atoms with E-state index >= 15 is 0 Å². The van der Waals surface area contributed by atoms with Crippen molar-refractivity contribution in [2.24, 2.45) is 0 Å². The van der Waals surface area contributed by atoms with Gasteiger partial charge < -0.3 is 33.9 Å². The van der Waals surface area contributed by atoms with E-state index in [1.165, 1.54) is 14.2 Å². The average molecular weight is 743 g/mol. The molecule has 1 N–H and O–H groups in total. The van der Waals surface area contributed by atoms with Crippen LogP contribution in [0.5, 0.6) is 11.5 Å². The van der Waals surface area contributed by atoms with Gasteiger partial charge in [0.15, 0.2) is 5.78 Å². The minimum atomic E-state index is -0.327. The molecule has 0 saturated carbocycles. The van der Waals surface area contributed by atoms with E-state index in [4.69, 9.17) is 42.4 Å². The van der Waals surface area contributed by atoms with E-state index in [-0.39, 0.29) is 39.9 Å². The quantitative estimate of drug-likeness (QED) is 0.125. The molecule has 0 unspecified atom stereocenters. The predicted molar refractivity (Wildman–Crippen MR) is 209 cm³/mol. The number of anilines is 3. The van der Waals surface area contributed by atoms with Crippen LogP contribution in [0.2, 0.25) is 10.0 Å². The molecule has 0 spiro atoms. The Morgan fingerprint density at radius 2 is 1.65 bits per heavy atom. The summed E-state index contributed by atoms with van der Waals surface area (Å²) in [5.41, 5.74) is 4.55. The molecule has 3 heterocycles. The zero-order valence-corrected chi connectivity index (χ0v) is 31.1. The van der Waals surface area contributed by atoms with Gasteiger partial charge >= 0.3 is 0 Å². The number of nitrogens with one attached hydrogen (secondary N) is 1. The monoisotopic (exact) mass is 741 g/mol. The first-order chi connectivity index (χ1) is 25.1. The number of pyridine rings is 2. The highest BCUT2D eigenvalue weighted by Gasteiger charge is 2.23. The number of halogens is 2. The zero-order chi connectivity index (χ0) is 36.8. The Kier molecular flexibility index (Phi) is 11.8. The largest absolute Gasteiger partial charge is 0.495 e. The lowest BCUT2D eigenvalue weighted by Crippen LogP contribution is -2.36. The second kappa shape index (κ2) is 16.6. The van der Waals surface area contributed by atoms with Crippen molar-refractivity contribution in [1.29, 1.82) is 0 Å². The molecule has 52 heavy (non-hydrogen) atoms. The molecule has 2 aromatic heterocycles. The van der Waals surface area contributed by atoms with Crippen molar-refractivity contribution in [3.63, 3.8) is 0 Å². The number of ketones is 1. The number of hydrogen-bond donors (Lipinski definition) is 1. The van der Waals surface area contributed by atoms with Gasteiger partial charge in [0.2, 0.25) is 0 Å². The maximum atomic E-state index is 14.6. The second-order valence-electron chi connectivity index (χ2n) is 12.8. The summed E-state index contributed by atoms with van der Waals surface area (Å²) in [4.78, 5) is 36.3. The van der Waals surface area contributed by atoms with Crippen LogP contribution in [-0.2, 0) is 22.5 Å². The fourth-order valence-electron chi connectivity index (χ4n) is 6.20. The number of aromatic nitrogens is 2. The van der Waals surface area contributed by atoms with Crippen molar-refractivity contribution in [3.8, 4) is 22.6 Å². The Hall–Kier alpha value is -4.87. The minimum absolute atomic E-state index is 0.000335. The zero-order valence-electron chi connectivity index (χ0n) is 29.6. The molecule has 1 aliphatic heterocycles. The summed E-state index contributed by atoms with van der Waals surface area (Å²) in [6.07, 6.45) is 5.42. The third-order valence-corrected chi connectivity index (χ3v) is 9.57. The van der Waals surface area contributed by atoms with Gasteiger partial charge in [-0.1, -0.05) is 53.5 Å². The summed E-state index contributed by atoms with van der Waals surface area (Å²) in [7, 11) is 6.87. The summed E-state index contributed by atoms with van der Waals surface area (Å²) >= 11 is 13.6. The van der Waals surface area contributed by atoms with Crippen LogP contribution < -0.4 is 25.2 Å². The van der Waals surface area contributed by atoms with Crippen molar-refractivity contribution in [2.75, 3.05) is 71.4 Å². The molecule has 1 aliphatic rings. The fraction of sp³-hybridized carbons (Fsp3) is 0.275. The van der Waals surface area contributed by atoms with Crippen LogP contribution >= 0.6 is 23.2 Å². The Morgan fingerprint density at radius 1 is 0.962 bits per heavy atom. The van der Waals surface area contributed by atoms with E-state index in [2.05, 4.69) is 22.3 Å². The minimum Gasteiger partial charge on any atom is -0.495 e. The number of methoxy groups -OCH3 is 2. The number of fused-ring (bicyclic) bond motifs is 1. The van der Waals surface area contributed by atoms with Crippen molar-refractivity contribution >= 4 is 57.1 Å². The molecule has 12 heteroatoms. The van der Waals surface area contributed by atoms with Crippen LogP contribution in [0.4, 0.5) is 17.2 Å². The molecular formula is C40H41Cl2N5O5.